The largest absolute Gasteiger partial charge is 0.262 e. The number of benzene rings is 1. The summed E-state index contributed by atoms with van der Waals surface area (Å²) in [6.07, 6.45) is 0.818. The molecule has 23 heavy (non-hydrogen) atoms. The van der Waals surface area contributed by atoms with Gasteiger partial charge in [-0.2, -0.15) is 10.4 Å². The first-order chi connectivity index (χ1) is 11.2. The first-order valence-corrected chi connectivity index (χ1v) is 8.29. The van der Waals surface area contributed by atoms with E-state index in [-0.39, 0.29) is 0 Å². The highest BCUT2D eigenvalue weighted by molar-refractivity contribution is 7.98. The Morgan fingerprint density at radius 1 is 1.30 bits per heavy atom. The van der Waals surface area contributed by atoms with Gasteiger partial charge in [0.05, 0.1) is 22.6 Å². The maximum Gasteiger partial charge on any atom is 0.208 e. The van der Waals surface area contributed by atoms with Gasteiger partial charge in [0.1, 0.15) is 11.9 Å². The molecule has 1 aromatic carbocycles. The van der Waals surface area contributed by atoms with Crippen LogP contribution in [-0.4, -0.2) is 25.0 Å². The van der Waals surface area contributed by atoms with E-state index in [1.165, 1.54) is 11.8 Å². The molecule has 7 heteroatoms. The Morgan fingerprint density at radius 3 is 2.74 bits per heavy atom. The van der Waals surface area contributed by atoms with E-state index in [0.29, 0.717) is 16.5 Å². The summed E-state index contributed by atoms with van der Waals surface area (Å²) < 4.78 is 1.83. The van der Waals surface area contributed by atoms with E-state index in [2.05, 4.69) is 26.3 Å². The van der Waals surface area contributed by atoms with Crippen LogP contribution in [0.15, 0.2) is 35.5 Å². The van der Waals surface area contributed by atoms with Gasteiger partial charge >= 0.3 is 0 Å². The lowest BCUT2D eigenvalue weighted by molar-refractivity contribution is 0.827. The van der Waals surface area contributed by atoms with E-state index >= 15 is 0 Å². The minimum Gasteiger partial charge on any atom is -0.262 e. The highest BCUT2D eigenvalue weighted by Gasteiger charge is 2.17. The molecule has 3 aromatic rings. The smallest absolute Gasteiger partial charge is 0.208 e. The average Bonchev–Trinajstić information content (AvgIpc) is 3.17. The van der Waals surface area contributed by atoms with Gasteiger partial charge in [0.2, 0.25) is 5.16 Å². The molecule has 3 rings (SSSR count). The van der Waals surface area contributed by atoms with Crippen molar-refractivity contribution in [1.82, 2.24) is 25.0 Å². The summed E-state index contributed by atoms with van der Waals surface area (Å²) in [5.41, 5.74) is 3.16. The summed E-state index contributed by atoms with van der Waals surface area (Å²) in [6.45, 7) is 3.88. The van der Waals surface area contributed by atoms with Crippen LogP contribution in [0.4, 0.5) is 0 Å². The number of H-pyrrole nitrogens is 1. The predicted molar refractivity (Wildman–Crippen MR) is 88.3 cm³/mol. The van der Waals surface area contributed by atoms with Crippen molar-refractivity contribution >= 4 is 11.8 Å². The fourth-order valence-corrected chi connectivity index (χ4v) is 3.09. The van der Waals surface area contributed by atoms with Crippen molar-refractivity contribution in [3.63, 3.8) is 0 Å². The van der Waals surface area contributed by atoms with Crippen LogP contribution in [0.2, 0.25) is 0 Å². The van der Waals surface area contributed by atoms with Gasteiger partial charge in [-0.05, 0) is 19.1 Å². The quantitative estimate of drug-likeness (QED) is 0.729. The van der Waals surface area contributed by atoms with Crippen LogP contribution in [-0.2, 0) is 12.2 Å². The normalized spacial score (nSPS) is 10.7. The van der Waals surface area contributed by atoms with Crippen LogP contribution in [0.25, 0.3) is 5.69 Å². The fraction of sp³-hybridized carbons (Fsp3) is 0.250. The third-order valence-electron chi connectivity index (χ3n) is 3.45. The maximum absolute atomic E-state index is 9.45. The lowest BCUT2D eigenvalue weighted by Crippen LogP contribution is -2.02. The highest BCUT2D eigenvalue weighted by atomic mass is 32.2. The molecule has 0 saturated carbocycles. The highest BCUT2D eigenvalue weighted by Crippen LogP contribution is 2.25. The molecule has 0 saturated heterocycles. The van der Waals surface area contributed by atoms with Gasteiger partial charge in [0.15, 0.2) is 0 Å². The number of nitrogens with zero attached hydrogens (tertiary/aromatic N) is 5. The van der Waals surface area contributed by atoms with Crippen LogP contribution >= 0.6 is 11.8 Å². The Kier molecular flexibility index (Phi) is 4.44. The predicted octanol–water partition coefficient (Wildman–Crippen LogP) is 3.03. The van der Waals surface area contributed by atoms with Gasteiger partial charge in [-0.3, -0.25) is 5.10 Å². The van der Waals surface area contributed by atoms with Crippen molar-refractivity contribution in [3.8, 4) is 11.8 Å². The maximum atomic E-state index is 9.45. The van der Waals surface area contributed by atoms with Crippen LogP contribution in [0.3, 0.4) is 0 Å². The zero-order valence-electron chi connectivity index (χ0n) is 12.9. The minimum atomic E-state index is 0.583. The lowest BCUT2D eigenvalue weighted by atomic mass is 10.2. The molecule has 0 radical (unpaired) electrons. The van der Waals surface area contributed by atoms with E-state index in [4.69, 9.17) is 0 Å². The summed E-state index contributed by atoms with van der Waals surface area (Å²) in [5.74, 6) is 1.44. The van der Waals surface area contributed by atoms with Crippen molar-refractivity contribution < 1.29 is 0 Å². The average molecular weight is 324 g/mol. The van der Waals surface area contributed by atoms with Gasteiger partial charge in [-0.25, -0.2) is 9.67 Å². The number of rotatable bonds is 5. The summed E-state index contributed by atoms with van der Waals surface area (Å²) >= 11 is 1.50. The molecule has 0 bridgehead atoms. The molecule has 1 N–H and O–H groups in total. The Balaban J connectivity index is 1.92. The van der Waals surface area contributed by atoms with Gasteiger partial charge < -0.3 is 0 Å². The molecule has 0 aliphatic heterocycles. The van der Waals surface area contributed by atoms with Crippen LogP contribution < -0.4 is 0 Å². The molecular weight excluding hydrogens is 308 g/mol. The van der Waals surface area contributed by atoms with Gasteiger partial charge in [-0.1, -0.05) is 36.9 Å². The van der Waals surface area contributed by atoms with Crippen LogP contribution in [0.1, 0.15) is 29.7 Å². The minimum absolute atomic E-state index is 0.583. The molecule has 0 fully saturated rings. The third kappa shape index (κ3) is 3.12. The molecular formula is C16H16N6S. The number of nitriles is 1. The molecule has 0 amide bonds. The molecule has 0 aliphatic rings. The standard InChI is InChI=1S/C16H16N6S/c1-3-15-18-16(20-19-15)23-10-14-13(9-17)11(2)21-22(14)12-7-5-4-6-8-12/h4-8H,3,10H2,1-2H3,(H,18,19,20). The summed E-state index contributed by atoms with van der Waals surface area (Å²) in [6, 6.07) is 12.1. The summed E-state index contributed by atoms with van der Waals surface area (Å²) in [4.78, 5) is 4.39. The second kappa shape index (κ2) is 6.67. The van der Waals surface area contributed by atoms with Crippen LogP contribution in [0.5, 0.6) is 0 Å². The number of hydrogen-bond donors (Lipinski definition) is 1. The topological polar surface area (TPSA) is 83.2 Å². The summed E-state index contributed by atoms with van der Waals surface area (Å²) in [7, 11) is 0. The molecule has 0 spiro atoms. The second-order valence-electron chi connectivity index (χ2n) is 4.97. The lowest BCUT2D eigenvalue weighted by Gasteiger charge is -2.06. The van der Waals surface area contributed by atoms with Gasteiger partial charge in [-0.15, -0.1) is 5.10 Å². The Hall–Kier alpha value is -2.59. The molecule has 116 valence electrons. The van der Waals surface area contributed by atoms with E-state index < -0.39 is 0 Å². The number of para-hydroxylation sites is 1. The first-order valence-electron chi connectivity index (χ1n) is 7.31. The molecule has 0 atom stereocenters. The van der Waals surface area contributed by atoms with Gasteiger partial charge in [0, 0.05) is 12.2 Å². The number of nitrogens with one attached hydrogen (secondary N) is 1. The van der Waals surface area contributed by atoms with Crippen molar-refractivity contribution in [3.05, 3.63) is 53.1 Å². The van der Waals surface area contributed by atoms with Crippen molar-refractivity contribution in [2.75, 3.05) is 0 Å². The second-order valence-corrected chi connectivity index (χ2v) is 5.92. The van der Waals surface area contributed by atoms with E-state index in [1.54, 1.807) is 0 Å². The van der Waals surface area contributed by atoms with Crippen molar-refractivity contribution in [1.29, 1.82) is 5.26 Å². The fourth-order valence-electron chi connectivity index (χ4n) is 2.27. The third-order valence-corrected chi connectivity index (χ3v) is 4.31. The SMILES string of the molecule is CCc1nc(SCc2c(C#N)c(C)nn2-c2ccccc2)n[nH]1. The number of aromatic amines is 1. The number of aromatic nitrogens is 5. The van der Waals surface area contributed by atoms with Crippen molar-refractivity contribution in [2.24, 2.45) is 0 Å². The number of hydrogen-bond acceptors (Lipinski definition) is 5. The van der Waals surface area contributed by atoms with Crippen LogP contribution in [0, 0.1) is 18.3 Å². The zero-order valence-corrected chi connectivity index (χ0v) is 13.8. The molecule has 2 heterocycles. The molecule has 0 unspecified atom stereocenters. The molecule has 2 aromatic heterocycles. The monoisotopic (exact) mass is 324 g/mol. The Bertz CT molecular complexity index is 843. The van der Waals surface area contributed by atoms with Crippen molar-refractivity contribution in [2.45, 2.75) is 31.2 Å². The number of thioether (sulfide) groups is 1. The zero-order chi connectivity index (χ0) is 16.2. The Labute approximate surface area is 138 Å². The number of aryl methyl sites for hydroxylation is 2. The molecule has 0 aliphatic carbocycles. The Morgan fingerprint density at radius 2 is 2.09 bits per heavy atom. The van der Waals surface area contributed by atoms with E-state index in [0.717, 1.165) is 29.3 Å². The summed E-state index contributed by atoms with van der Waals surface area (Å²) in [5, 5.41) is 21.7. The van der Waals surface area contributed by atoms with Gasteiger partial charge in [0.25, 0.3) is 0 Å². The molecule has 6 nitrogen and oxygen atoms in total. The van der Waals surface area contributed by atoms with E-state index in [1.807, 2.05) is 48.9 Å². The van der Waals surface area contributed by atoms with E-state index in [9.17, 15) is 5.26 Å². The first kappa shape index (κ1) is 15.3.